The van der Waals surface area contributed by atoms with Crippen molar-refractivity contribution in [2.24, 2.45) is 0 Å². The Kier molecular flexibility index (Phi) is 6.02. The van der Waals surface area contributed by atoms with Crippen molar-refractivity contribution in [3.63, 3.8) is 0 Å². The highest BCUT2D eigenvalue weighted by Gasteiger charge is 2.34. The van der Waals surface area contributed by atoms with E-state index in [1.807, 2.05) is 31.2 Å². The second kappa shape index (κ2) is 8.32. The van der Waals surface area contributed by atoms with Gasteiger partial charge in [0.05, 0.1) is 17.1 Å². The predicted molar refractivity (Wildman–Crippen MR) is 106 cm³/mol. The molecule has 0 bridgehead atoms. The quantitative estimate of drug-likeness (QED) is 0.531. The van der Waals surface area contributed by atoms with Gasteiger partial charge in [0, 0.05) is 11.7 Å². The van der Waals surface area contributed by atoms with Crippen LogP contribution in [0.5, 0.6) is 0 Å². The average Bonchev–Trinajstić information content (AvgIpc) is 3.02. The van der Waals surface area contributed by atoms with Crippen LogP contribution in [-0.2, 0) is 30.6 Å². The lowest BCUT2D eigenvalue weighted by molar-refractivity contribution is -0.153. The molecule has 8 heteroatoms. The standard InChI is InChI=1S/C21H22FNO5S/c1-14-13-16-5-3-4-6-19(16)23(14)21(25)15(2)28-20(24)11-12-29(26,27)18-9-7-17(22)8-10-18/h3-10,14-15H,11-13H2,1-2H3/t14-,15+/m0/s1. The molecule has 0 saturated carbocycles. The maximum atomic E-state index is 13.0. The van der Waals surface area contributed by atoms with Crippen LogP contribution in [0.2, 0.25) is 0 Å². The van der Waals surface area contributed by atoms with Gasteiger partial charge >= 0.3 is 5.97 Å². The first-order chi connectivity index (χ1) is 13.7. The first-order valence-electron chi connectivity index (χ1n) is 9.28. The number of rotatable bonds is 6. The SMILES string of the molecule is C[C@@H](OC(=O)CCS(=O)(=O)c1ccc(F)cc1)C(=O)N1c2ccccc2C[C@@H]1C. The maximum Gasteiger partial charge on any atom is 0.307 e. The number of nitrogens with zero attached hydrogens (tertiary/aromatic N) is 1. The van der Waals surface area contributed by atoms with Crippen LogP contribution >= 0.6 is 0 Å². The molecule has 0 unspecified atom stereocenters. The van der Waals surface area contributed by atoms with Crippen molar-refractivity contribution >= 4 is 27.4 Å². The molecule has 2 atom stereocenters. The molecule has 0 N–H and O–H groups in total. The minimum atomic E-state index is -3.76. The highest BCUT2D eigenvalue weighted by molar-refractivity contribution is 7.91. The van der Waals surface area contributed by atoms with Gasteiger partial charge in [-0.1, -0.05) is 18.2 Å². The molecule has 6 nitrogen and oxygen atoms in total. The molecule has 2 aromatic carbocycles. The number of halogens is 1. The normalized spacial score (nSPS) is 16.9. The van der Waals surface area contributed by atoms with Gasteiger partial charge < -0.3 is 9.64 Å². The number of anilines is 1. The van der Waals surface area contributed by atoms with E-state index in [1.165, 1.54) is 6.92 Å². The van der Waals surface area contributed by atoms with Crippen molar-refractivity contribution in [1.82, 2.24) is 0 Å². The van der Waals surface area contributed by atoms with E-state index in [1.54, 1.807) is 4.90 Å². The van der Waals surface area contributed by atoms with Crippen LogP contribution in [0.1, 0.15) is 25.8 Å². The summed E-state index contributed by atoms with van der Waals surface area (Å²) in [5.74, 6) is -2.16. The minimum absolute atomic E-state index is 0.0556. The van der Waals surface area contributed by atoms with E-state index in [9.17, 15) is 22.4 Å². The summed E-state index contributed by atoms with van der Waals surface area (Å²) in [6.07, 6.45) is -0.716. The van der Waals surface area contributed by atoms with Crippen LogP contribution in [0.4, 0.5) is 10.1 Å². The summed E-state index contributed by atoms with van der Waals surface area (Å²) < 4.78 is 42.6. The van der Waals surface area contributed by atoms with Gasteiger partial charge in [-0.25, -0.2) is 12.8 Å². The Morgan fingerprint density at radius 3 is 2.52 bits per heavy atom. The largest absolute Gasteiger partial charge is 0.452 e. The number of amides is 1. The number of hydrogen-bond donors (Lipinski definition) is 0. The Labute approximate surface area is 169 Å². The summed E-state index contributed by atoms with van der Waals surface area (Å²) in [5, 5.41) is 0. The van der Waals surface area contributed by atoms with Gasteiger partial charge in [0.25, 0.3) is 5.91 Å². The molecule has 0 fully saturated rings. The van der Waals surface area contributed by atoms with E-state index in [0.717, 1.165) is 41.9 Å². The minimum Gasteiger partial charge on any atom is -0.452 e. The molecule has 29 heavy (non-hydrogen) atoms. The monoisotopic (exact) mass is 419 g/mol. The number of benzene rings is 2. The molecule has 0 spiro atoms. The molecule has 1 heterocycles. The molecule has 0 aliphatic carbocycles. The van der Waals surface area contributed by atoms with Gasteiger partial charge in [-0.2, -0.15) is 0 Å². The Bertz CT molecular complexity index is 1020. The van der Waals surface area contributed by atoms with Crippen LogP contribution in [0.25, 0.3) is 0 Å². The number of ether oxygens (including phenoxy) is 1. The van der Waals surface area contributed by atoms with Crippen molar-refractivity contribution in [3.05, 3.63) is 59.9 Å². The lowest BCUT2D eigenvalue weighted by Gasteiger charge is -2.25. The van der Waals surface area contributed by atoms with E-state index >= 15 is 0 Å². The van der Waals surface area contributed by atoms with Crippen molar-refractivity contribution < 1.29 is 27.1 Å². The summed E-state index contributed by atoms with van der Waals surface area (Å²) in [6.45, 7) is 3.39. The molecule has 1 aliphatic heterocycles. The van der Waals surface area contributed by atoms with Crippen molar-refractivity contribution in [2.45, 2.75) is 43.7 Å². The van der Waals surface area contributed by atoms with Crippen molar-refractivity contribution in [3.8, 4) is 0 Å². The molecule has 0 saturated heterocycles. The Morgan fingerprint density at radius 1 is 1.17 bits per heavy atom. The second-order valence-corrected chi connectivity index (χ2v) is 9.15. The van der Waals surface area contributed by atoms with Gasteiger partial charge in [-0.3, -0.25) is 9.59 Å². The van der Waals surface area contributed by atoms with Gasteiger partial charge in [0.15, 0.2) is 15.9 Å². The number of carbonyl (C=O) groups excluding carboxylic acids is 2. The number of sulfone groups is 1. The molecular formula is C21H22FNO5S. The first kappa shape index (κ1) is 21.0. The summed E-state index contributed by atoms with van der Waals surface area (Å²) >= 11 is 0. The molecule has 0 radical (unpaired) electrons. The van der Waals surface area contributed by atoms with E-state index in [0.29, 0.717) is 0 Å². The molecule has 2 aromatic rings. The smallest absolute Gasteiger partial charge is 0.307 e. The number of para-hydroxylation sites is 1. The van der Waals surface area contributed by atoms with E-state index in [4.69, 9.17) is 4.74 Å². The summed E-state index contributed by atoms with van der Waals surface area (Å²) in [7, 11) is -3.76. The average molecular weight is 419 g/mol. The van der Waals surface area contributed by atoms with Gasteiger partial charge in [-0.15, -0.1) is 0 Å². The van der Waals surface area contributed by atoms with Crippen LogP contribution in [-0.4, -0.2) is 38.2 Å². The van der Waals surface area contributed by atoms with Crippen molar-refractivity contribution in [1.29, 1.82) is 0 Å². The highest BCUT2D eigenvalue weighted by Crippen LogP contribution is 2.32. The Hall–Kier alpha value is -2.74. The number of esters is 1. The zero-order chi connectivity index (χ0) is 21.2. The molecule has 3 rings (SSSR count). The van der Waals surface area contributed by atoms with E-state index < -0.39 is 39.9 Å². The van der Waals surface area contributed by atoms with Crippen LogP contribution in [0, 0.1) is 5.82 Å². The van der Waals surface area contributed by atoms with Crippen LogP contribution < -0.4 is 4.90 Å². The predicted octanol–water partition coefficient (Wildman–Crippen LogP) is 2.90. The van der Waals surface area contributed by atoms with Crippen LogP contribution in [0.15, 0.2) is 53.4 Å². The van der Waals surface area contributed by atoms with Gasteiger partial charge in [0.2, 0.25) is 0 Å². The Balaban J connectivity index is 1.59. The highest BCUT2D eigenvalue weighted by atomic mass is 32.2. The fourth-order valence-corrected chi connectivity index (χ4v) is 4.60. The molecular weight excluding hydrogens is 397 g/mol. The number of carbonyl (C=O) groups is 2. The third kappa shape index (κ3) is 4.64. The third-order valence-corrected chi connectivity index (χ3v) is 6.58. The summed E-state index contributed by atoms with van der Waals surface area (Å²) in [6, 6.07) is 11.9. The zero-order valence-corrected chi connectivity index (χ0v) is 17.0. The Morgan fingerprint density at radius 2 is 1.83 bits per heavy atom. The third-order valence-electron chi connectivity index (χ3n) is 4.85. The fraction of sp³-hybridized carbons (Fsp3) is 0.333. The summed E-state index contributed by atoms with van der Waals surface area (Å²) in [4.78, 5) is 26.5. The molecule has 154 valence electrons. The summed E-state index contributed by atoms with van der Waals surface area (Å²) in [5.41, 5.74) is 1.85. The maximum absolute atomic E-state index is 13.0. The second-order valence-electron chi connectivity index (χ2n) is 7.04. The van der Waals surface area contributed by atoms with E-state index in [2.05, 4.69) is 0 Å². The molecule has 0 aromatic heterocycles. The van der Waals surface area contributed by atoms with Gasteiger partial charge in [-0.05, 0) is 56.2 Å². The lowest BCUT2D eigenvalue weighted by Crippen LogP contribution is -2.43. The topological polar surface area (TPSA) is 80.8 Å². The molecule has 1 amide bonds. The molecule has 1 aliphatic rings. The first-order valence-corrected chi connectivity index (χ1v) is 10.9. The van der Waals surface area contributed by atoms with Gasteiger partial charge in [0.1, 0.15) is 5.82 Å². The number of fused-ring (bicyclic) bond motifs is 1. The zero-order valence-electron chi connectivity index (χ0n) is 16.2. The van der Waals surface area contributed by atoms with E-state index in [-0.39, 0.29) is 16.8 Å². The van der Waals surface area contributed by atoms with Crippen molar-refractivity contribution in [2.75, 3.05) is 10.7 Å². The number of hydrogen-bond acceptors (Lipinski definition) is 5. The van der Waals surface area contributed by atoms with Crippen LogP contribution in [0.3, 0.4) is 0 Å². The lowest BCUT2D eigenvalue weighted by atomic mass is 10.1. The fourth-order valence-electron chi connectivity index (χ4n) is 3.38.